The van der Waals surface area contributed by atoms with Crippen molar-refractivity contribution in [1.29, 1.82) is 0 Å². The number of likely N-dealkylation sites (tertiary alicyclic amines) is 2. The van der Waals surface area contributed by atoms with Crippen molar-refractivity contribution in [3.05, 3.63) is 60.7 Å². The number of benzene rings is 2. The van der Waals surface area contributed by atoms with Crippen molar-refractivity contribution in [2.45, 2.75) is 128 Å². The summed E-state index contributed by atoms with van der Waals surface area (Å²) in [4.78, 5) is 72.4. The number of fused-ring (bicyclic) bond motifs is 2. The summed E-state index contributed by atoms with van der Waals surface area (Å²) in [6.45, 7) is 13.5. The zero-order valence-electron chi connectivity index (χ0n) is 35.4. The van der Waals surface area contributed by atoms with Crippen LogP contribution >= 0.6 is 0 Å². The van der Waals surface area contributed by atoms with Gasteiger partial charge in [0.2, 0.25) is 17.7 Å². The molecular formula is C44H64N8O7. The third-order valence-electron chi connectivity index (χ3n) is 11.5. The number of carbonyl (C=O) groups is 5. The second kappa shape index (κ2) is 19.0. The summed E-state index contributed by atoms with van der Waals surface area (Å²) < 4.78 is 11.2. The molecule has 4 aliphatic rings. The number of carbonyl (C=O) groups excluding carboxylic acids is 5. The number of amides is 5. The predicted octanol–water partition coefficient (Wildman–Crippen LogP) is 4.46. The fourth-order valence-corrected chi connectivity index (χ4v) is 9.01. The van der Waals surface area contributed by atoms with E-state index >= 15 is 0 Å². The lowest BCUT2D eigenvalue weighted by Crippen LogP contribution is -2.54. The van der Waals surface area contributed by atoms with E-state index in [1.165, 1.54) is 0 Å². The Morgan fingerprint density at radius 3 is 1.68 bits per heavy atom. The van der Waals surface area contributed by atoms with Gasteiger partial charge in [-0.05, 0) is 91.5 Å². The van der Waals surface area contributed by atoms with Gasteiger partial charge in [-0.1, -0.05) is 49.2 Å². The summed E-state index contributed by atoms with van der Waals surface area (Å²) in [6, 6.07) is 17.1. The van der Waals surface area contributed by atoms with Crippen LogP contribution in [0.15, 0.2) is 60.7 Å². The third kappa shape index (κ3) is 11.7. The molecule has 59 heavy (non-hydrogen) atoms. The van der Waals surface area contributed by atoms with Gasteiger partial charge < -0.3 is 51.2 Å². The molecule has 0 aromatic heterocycles. The zero-order valence-corrected chi connectivity index (χ0v) is 35.4. The minimum Gasteiger partial charge on any atom is -0.444 e. The maximum atomic E-state index is 14.4. The smallest absolute Gasteiger partial charge is 0.408 e. The topological polar surface area (TPSA) is 182 Å². The van der Waals surface area contributed by atoms with Gasteiger partial charge in [0.15, 0.2) is 0 Å². The Hall–Kier alpha value is -4.89. The molecule has 0 radical (unpaired) electrons. The average molecular weight is 817 g/mol. The Balaban J connectivity index is 1.13. The van der Waals surface area contributed by atoms with Gasteiger partial charge in [-0.3, -0.25) is 14.4 Å². The minimum atomic E-state index is -0.934. The van der Waals surface area contributed by atoms with E-state index in [0.29, 0.717) is 57.5 Å². The largest absolute Gasteiger partial charge is 0.444 e. The van der Waals surface area contributed by atoms with Gasteiger partial charge in [0, 0.05) is 62.1 Å². The number of alkyl carbamates (subject to hydrolysis) is 2. The summed E-state index contributed by atoms with van der Waals surface area (Å²) in [5.74, 6) is -0.918. The van der Waals surface area contributed by atoms with Crippen LogP contribution < -0.4 is 31.9 Å². The van der Waals surface area contributed by atoms with Crippen molar-refractivity contribution in [3.63, 3.8) is 0 Å². The van der Waals surface area contributed by atoms with Crippen LogP contribution in [0.2, 0.25) is 0 Å². The zero-order chi connectivity index (χ0) is 42.3. The number of hydrogen-bond donors (Lipinski definition) is 6. The number of nitrogens with one attached hydrogen (secondary N) is 6. The first-order valence-corrected chi connectivity index (χ1v) is 21.3. The first-order valence-electron chi connectivity index (χ1n) is 21.3. The van der Waals surface area contributed by atoms with E-state index in [-0.39, 0.29) is 54.2 Å². The quantitative estimate of drug-likeness (QED) is 0.149. The van der Waals surface area contributed by atoms with Gasteiger partial charge in [-0.2, -0.15) is 0 Å². The Bertz CT molecular complexity index is 1770. The number of ether oxygens (including phenoxy) is 2. The number of anilines is 2. The average Bonchev–Trinajstić information content (AvgIpc) is 3.97. The van der Waals surface area contributed by atoms with Crippen LogP contribution in [0.1, 0.15) is 80.1 Å². The molecule has 8 unspecified atom stereocenters. The van der Waals surface area contributed by atoms with Crippen LogP contribution in [0, 0.1) is 11.8 Å². The van der Waals surface area contributed by atoms with Crippen molar-refractivity contribution in [1.82, 2.24) is 31.1 Å². The number of hydrogen-bond acceptors (Lipinski definition) is 10. The monoisotopic (exact) mass is 816 g/mol. The molecule has 6 N–H and O–H groups in total. The van der Waals surface area contributed by atoms with Crippen molar-refractivity contribution in [2.75, 3.05) is 43.4 Å². The molecule has 4 aliphatic heterocycles. The van der Waals surface area contributed by atoms with Gasteiger partial charge in [-0.15, -0.1) is 0 Å². The molecule has 6 rings (SSSR count). The molecule has 5 amide bonds. The Labute approximate surface area is 348 Å². The van der Waals surface area contributed by atoms with Crippen LogP contribution in [0.3, 0.4) is 0 Å². The van der Waals surface area contributed by atoms with E-state index in [1.54, 1.807) is 46.4 Å². The van der Waals surface area contributed by atoms with Crippen molar-refractivity contribution < 1.29 is 33.4 Å². The second-order valence-corrected chi connectivity index (χ2v) is 18.3. The van der Waals surface area contributed by atoms with Crippen molar-refractivity contribution >= 4 is 41.3 Å². The summed E-state index contributed by atoms with van der Waals surface area (Å²) in [7, 11) is 0. The molecule has 2 aromatic carbocycles. The number of nitrogens with zero attached hydrogens (tertiary/aromatic N) is 2. The molecule has 15 heteroatoms. The van der Waals surface area contributed by atoms with E-state index in [0.717, 1.165) is 18.7 Å². The maximum Gasteiger partial charge on any atom is 0.408 e. The molecule has 4 fully saturated rings. The van der Waals surface area contributed by atoms with Gasteiger partial charge in [-0.25, -0.2) is 9.59 Å². The third-order valence-corrected chi connectivity index (χ3v) is 11.5. The van der Waals surface area contributed by atoms with Gasteiger partial charge >= 0.3 is 12.2 Å². The summed E-state index contributed by atoms with van der Waals surface area (Å²) in [5, 5.41) is 19.3. The molecule has 15 nitrogen and oxygen atoms in total. The van der Waals surface area contributed by atoms with E-state index in [2.05, 4.69) is 31.9 Å². The molecule has 4 heterocycles. The molecule has 0 bridgehead atoms. The highest BCUT2D eigenvalue weighted by Crippen LogP contribution is 2.33. The summed E-state index contributed by atoms with van der Waals surface area (Å²) >= 11 is 0. The summed E-state index contributed by atoms with van der Waals surface area (Å²) in [5.41, 5.74) is 0.162. The lowest BCUT2D eigenvalue weighted by Gasteiger charge is -2.33. The number of para-hydroxylation sites is 2. The normalized spacial score (nSPS) is 24.7. The highest BCUT2D eigenvalue weighted by Gasteiger charge is 2.50. The Kier molecular flexibility index (Phi) is 14.1. The van der Waals surface area contributed by atoms with E-state index in [1.807, 2.05) is 65.6 Å². The number of unbranched alkanes of at least 4 members (excludes halogenated alkanes) is 1. The van der Waals surface area contributed by atoms with E-state index in [4.69, 9.17) is 9.47 Å². The fraction of sp³-hybridized carbons (Fsp3) is 0.614. The lowest BCUT2D eigenvalue weighted by molar-refractivity contribution is -0.137. The first kappa shape index (κ1) is 43.7. The van der Waals surface area contributed by atoms with Crippen LogP contribution in [0.25, 0.3) is 0 Å². The van der Waals surface area contributed by atoms with Gasteiger partial charge in [0.05, 0.1) is 18.0 Å². The predicted molar refractivity (Wildman–Crippen MR) is 226 cm³/mol. The van der Waals surface area contributed by atoms with Crippen molar-refractivity contribution in [3.8, 4) is 0 Å². The van der Waals surface area contributed by atoms with Gasteiger partial charge in [0.25, 0.3) is 0 Å². The maximum absolute atomic E-state index is 14.4. The second-order valence-electron chi connectivity index (χ2n) is 18.3. The van der Waals surface area contributed by atoms with Gasteiger partial charge in [0.1, 0.15) is 23.3 Å². The number of rotatable bonds is 14. The van der Waals surface area contributed by atoms with Crippen LogP contribution in [-0.2, 0) is 23.9 Å². The highest BCUT2D eigenvalue weighted by molar-refractivity contribution is 5.94. The molecular weight excluding hydrogens is 753 g/mol. The Morgan fingerprint density at radius 2 is 1.15 bits per heavy atom. The highest BCUT2D eigenvalue weighted by atomic mass is 16.6. The van der Waals surface area contributed by atoms with Crippen molar-refractivity contribution in [2.24, 2.45) is 11.8 Å². The van der Waals surface area contributed by atoms with E-state index < -0.39 is 41.4 Å². The Morgan fingerprint density at radius 1 is 0.678 bits per heavy atom. The molecule has 8 atom stereocenters. The molecule has 4 saturated heterocycles. The molecule has 0 saturated carbocycles. The molecule has 0 spiro atoms. The molecule has 2 aromatic rings. The molecule has 322 valence electrons. The van der Waals surface area contributed by atoms with Crippen LogP contribution in [-0.4, -0.2) is 120 Å². The fourth-order valence-electron chi connectivity index (χ4n) is 9.01. The minimum absolute atomic E-state index is 0.0327. The lowest BCUT2D eigenvalue weighted by atomic mass is 9.96. The van der Waals surface area contributed by atoms with E-state index in [9.17, 15) is 24.0 Å². The van der Waals surface area contributed by atoms with Crippen LogP contribution in [0.4, 0.5) is 21.0 Å². The summed E-state index contributed by atoms with van der Waals surface area (Å²) in [6.07, 6.45) is 1.63. The molecule has 0 aliphatic carbocycles. The van der Waals surface area contributed by atoms with Crippen LogP contribution in [0.5, 0.6) is 0 Å². The SMILES string of the molecule is CC(C)(C)OC(=O)NC(CCCCC(NC(=O)OC(C)(C)C)C(=O)N1CCC2NCC(C(=O)Nc3ccccc3)C21)C(=O)N1CCC2NCC(CNc3ccccc3)C21. The standard InChI is InChI=1S/C44H64N8O7/c1-43(2,3)58-41(56)49-34(39(54)51-23-21-32-36(51)28(26-46-32)25-45-29-15-9-7-10-16-29)19-13-14-20-35(50-42(57)59-44(4,5)6)40(55)52-24-22-33-37(52)31(27-47-33)38(53)48-30-17-11-8-12-18-30/h7-12,15-18,28,31-37,45-47H,13-14,19-27H2,1-6H3,(H,48,53)(H,49,56)(H,50,57). The first-order chi connectivity index (χ1) is 28.1.